The number of phenols is 1. The Hall–Kier alpha value is -3.66. The van der Waals surface area contributed by atoms with Crippen molar-refractivity contribution in [1.82, 2.24) is 0 Å². The molecule has 10 nitrogen and oxygen atoms in total. The van der Waals surface area contributed by atoms with Gasteiger partial charge in [0, 0.05) is 23.8 Å². The number of esters is 1. The van der Waals surface area contributed by atoms with Crippen LogP contribution in [-0.2, 0) is 23.9 Å². The molecule has 4 aliphatic rings. The van der Waals surface area contributed by atoms with Gasteiger partial charge in [0.2, 0.25) is 5.78 Å². The van der Waals surface area contributed by atoms with Crippen molar-refractivity contribution in [2.75, 3.05) is 0 Å². The number of ketones is 2. The van der Waals surface area contributed by atoms with E-state index in [9.17, 15) is 39.6 Å². The summed E-state index contributed by atoms with van der Waals surface area (Å²) >= 11 is 0. The van der Waals surface area contributed by atoms with Crippen LogP contribution in [0.3, 0.4) is 0 Å². The van der Waals surface area contributed by atoms with Gasteiger partial charge in [0.15, 0.2) is 11.4 Å². The van der Waals surface area contributed by atoms with Crippen molar-refractivity contribution < 1.29 is 44.3 Å². The number of rotatable bonds is 3. The first-order chi connectivity index (χ1) is 17.5. The van der Waals surface area contributed by atoms with Crippen molar-refractivity contribution in [3.05, 3.63) is 46.2 Å². The SMILES string of the molecule is C[C@H]1c2cccc(O)c2C(O)=C2C(=O)[C@]3(O)C(O)=C(C(N)=O)C(=O)C[C@@H]3[C@@H](OC(=O)C3CCCCC3)[C@@H]21. The van der Waals surface area contributed by atoms with E-state index >= 15 is 0 Å². The number of phenolic OH excluding ortho intramolecular Hbond substituents is 1. The molecule has 1 aromatic rings. The van der Waals surface area contributed by atoms with E-state index in [4.69, 9.17) is 10.5 Å². The number of hydrogen-bond donors (Lipinski definition) is 5. The molecule has 2 saturated carbocycles. The lowest BCUT2D eigenvalue weighted by Crippen LogP contribution is -2.64. The Balaban J connectivity index is 1.72. The molecule has 5 rings (SSSR count). The van der Waals surface area contributed by atoms with E-state index in [0.29, 0.717) is 18.4 Å². The average molecular weight is 512 g/mol. The fourth-order valence-corrected chi connectivity index (χ4v) is 6.65. The number of primary amides is 1. The van der Waals surface area contributed by atoms with Crippen molar-refractivity contribution in [2.45, 2.75) is 63.1 Å². The second-order valence-electron chi connectivity index (χ2n) is 10.5. The number of amides is 1. The lowest BCUT2D eigenvalue weighted by atomic mass is 9.55. The number of fused-ring (bicyclic) bond motifs is 3. The number of carbonyl (C=O) groups excluding carboxylic acids is 4. The zero-order valence-corrected chi connectivity index (χ0v) is 20.3. The van der Waals surface area contributed by atoms with E-state index in [2.05, 4.69) is 0 Å². The average Bonchev–Trinajstić information content (AvgIpc) is 2.86. The number of nitrogens with two attached hydrogens (primary N) is 1. The van der Waals surface area contributed by atoms with Crippen LogP contribution in [0.25, 0.3) is 5.76 Å². The van der Waals surface area contributed by atoms with Crippen LogP contribution in [0.1, 0.15) is 62.5 Å². The maximum atomic E-state index is 13.9. The number of hydrogen-bond acceptors (Lipinski definition) is 9. The normalized spacial score (nSPS) is 31.9. The number of aliphatic hydroxyl groups excluding tert-OH is 2. The summed E-state index contributed by atoms with van der Waals surface area (Å²) in [5.74, 6) is -9.47. The highest BCUT2D eigenvalue weighted by molar-refractivity contribution is 6.23. The Morgan fingerprint density at radius 1 is 1.08 bits per heavy atom. The Morgan fingerprint density at radius 3 is 2.41 bits per heavy atom. The molecule has 1 aromatic carbocycles. The Morgan fingerprint density at radius 2 is 1.76 bits per heavy atom. The largest absolute Gasteiger partial charge is 0.508 e. The van der Waals surface area contributed by atoms with Crippen LogP contribution in [0.15, 0.2) is 35.1 Å². The zero-order chi connectivity index (χ0) is 26.8. The Bertz CT molecular complexity index is 1290. The van der Waals surface area contributed by atoms with Crippen LogP contribution in [0.5, 0.6) is 5.75 Å². The van der Waals surface area contributed by atoms with E-state index < -0.39 is 82.3 Å². The lowest BCUT2D eigenvalue weighted by molar-refractivity contribution is -0.182. The molecule has 196 valence electrons. The minimum absolute atomic E-state index is 0.0144. The highest BCUT2D eigenvalue weighted by atomic mass is 16.5. The van der Waals surface area contributed by atoms with Crippen LogP contribution < -0.4 is 5.73 Å². The first-order valence-corrected chi connectivity index (χ1v) is 12.5. The van der Waals surface area contributed by atoms with Gasteiger partial charge in [0.05, 0.1) is 11.5 Å². The molecule has 2 fully saturated rings. The topological polar surface area (TPSA) is 184 Å². The summed E-state index contributed by atoms with van der Waals surface area (Å²) in [6.07, 6.45) is 2.02. The van der Waals surface area contributed by atoms with Gasteiger partial charge in [-0.1, -0.05) is 38.3 Å². The van der Waals surface area contributed by atoms with E-state index in [1.165, 1.54) is 6.07 Å². The van der Waals surface area contributed by atoms with Gasteiger partial charge in [-0.2, -0.15) is 0 Å². The van der Waals surface area contributed by atoms with Gasteiger partial charge in [-0.25, -0.2) is 0 Å². The van der Waals surface area contributed by atoms with Crippen LogP contribution in [-0.4, -0.2) is 55.6 Å². The first kappa shape index (κ1) is 25.0. The predicted molar refractivity (Wildman–Crippen MR) is 128 cm³/mol. The van der Waals surface area contributed by atoms with Gasteiger partial charge in [0.25, 0.3) is 5.91 Å². The molecule has 0 saturated heterocycles. The van der Waals surface area contributed by atoms with Crippen LogP contribution in [0.2, 0.25) is 0 Å². The van der Waals surface area contributed by atoms with E-state index in [1.807, 2.05) is 0 Å². The van der Waals surface area contributed by atoms with Crippen LogP contribution in [0, 0.1) is 17.8 Å². The first-order valence-electron chi connectivity index (χ1n) is 12.5. The summed E-state index contributed by atoms with van der Waals surface area (Å²) in [7, 11) is 0. The van der Waals surface area contributed by atoms with Gasteiger partial charge in [0.1, 0.15) is 28.9 Å². The summed E-state index contributed by atoms with van der Waals surface area (Å²) in [5, 5.41) is 44.3. The third kappa shape index (κ3) is 3.49. The predicted octanol–water partition coefficient (Wildman–Crippen LogP) is 2.09. The van der Waals surface area contributed by atoms with Gasteiger partial charge in [-0.3, -0.25) is 19.2 Å². The van der Waals surface area contributed by atoms with Gasteiger partial charge >= 0.3 is 5.97 Å². The summed E-state index contributed by atoms with van der Waals surface area (Å²) in [5.41, 5.74) is 1.63. The summed E-state index contributed by atoms with van der Waals surface area (Å²) in [6.45, 7) is 1.73. The fraction of sp³-hybridized carbons (Fsp3) is 0.481. The van der Waals surface area contributed by atoms with E-state index in [-0.39, 0.29) is 16.9 Å². The van der Waals surface area contributed by atoms with Crippen molar-refractivity contribution in [3.63, 3.8) is 0 Å². The lowest BCUT2D eigenvalue weighted by Gasteiger charge is -2.51. The summed E-state index contributed by atoms with van der Waals surface area (Å²) in [6, 6.07) is 4.56. The zero-order valence-electron chi connectivity index (χ0n) is 20.3. The number of aliphatic hydroxyl groups is 3. The number of aromatic hydroxyl groups is 1. The van der Waals surface area contributed by atoms with Crippen LogP contribution >= 0.6 is 0 Å². The second-order valence-corrected chi connectivity index (χ2v) is 10.5. The Kier molecular flexibility index (Phi) is 5.90. The number of ether oxygens (including phenoxy) is 1. The molecule has 0 unspecified atom stereocenters. The third-order valence-corrected chi connectivity index (χ3v) is 8.53. The molecule has 0 heterocycles. The maximum Gasteiger partial charge on any atom is 0.309 e. The maximum absolute atomic E-state index is 13.9. The van der Waals surface area contributed by atoms with E-state index in [0.717, 1.165) is 19.3 Å². The molecule has 4 aliphatic carbocycles. The summed E-state index contributed by atoms with van der Waals surface area (Å²) < 4.78 is 5.98. The molecule has 0 radical (unpaired) electrons. The minimum Gasteiger partial charge on any atom is -0.508 e. The van der Waals surface area contributed by atoms with Gasteiger partial charge in [-0.05, 0) is 30.4 Å². The third-order valence-electron chi connectivity index (χ3n) is 8.53. The Labute approximate surface area is 212 Å². The minimum atomic E-state index is -2.85. The molecule has 0 aliphatic heterocycles. The smallest absolute Gasteiger partial charge is 0.309 e. The van der Waals surface area contributed by atoms with Gasteiger partial charge < -0.3 is 30.9 Å². The molecule has 37 heavy (non-hydrogen) atoms. The molecular formula is C27H29NO9. The van der Waals surface area contributed by atoms with Gasteiger partial charge in [-0.15, -0.1) is 0 Å². The molecule has 6 N–H and O–H groups in total. The molecular weight excluding hydrogens is 482 g/mol. The van der Waals surface area contributed by atoms with Crippen molar-refractivity contribution in [2.24, 2.45) is 23.5 Å². The standard InChI is InChI=1S/C27H29NO9/c1-11-13-8-5-9-15(29)18(13)21(31)20-17(11)22(37-26(35)12-6-3-2-4-7-12)14-10-16(30)19(25(28)34)23(32)27(14,36)24(20)33/h5,8-9,11-12,14,17,22,29,31-32,36H,2-4,6-7,10H2,1H3,(H2,28,34)/t11-,14+,17+,22+,27+/m0/s1. The van der Waals surface area contributed by atoms with Crippen molar-refractivity contribution >= 4 is 29.2 Å². The highest BCUT2D eigenvalue weighted by Crippen LogP contribution is 2.56. The second kappa shape index (κ2) is 8.72. The molecule has 5 atom stereocenters. The number of Topliss-reactive ketones (excluding diaryl/α,β-unsaturated/α-hetero) is 2. The molecule has 10 heteroatoms. The number of carbonyl (C=O) groups is 4. The van der Waals surface area contributed by atoms with Crippen molar-refractivity contribution in [3.8, 4) is 5.75 Å². The van der Waals surface area contributed by atoms with Crippen molar-refractivity contribution in [1.29, 1.82) is 0 Å². The van der Waals surface area contributed by atoms with Crippen LogP contribution in [0.4, 0.5) is 0 Å². The highest BCUT2D eigenvalue weighted by Gasteiger charge is 2.66. The fourth-order valence-electron chi connectivity index (χ4n) is 6.65. The summed E-state index contributed by atoms with van der Waals surface area (Å²) in [4.78, 5) is 52.0. The quantitative estimate of drug-likeness (QED) is 0.299. The molecule has 1 amide bonds. The molecule has 0 spiro atoms. The monoisotopic (exact) mass is 511 g/mol. The number of benzene rings is 1. The van der Waals surface area contributed by atoms with E-state index in [1.54, 1.807) is 19.1 Å². The molecule has 0 aromatic heterocycles. The molecule has 0 bridgehead atoms.